The molecule has 0 radical (unpaired) electrons. The van der Waals surface area contributed by atoms with E-state index in [1.807, 2.05) is 12.5 Å². The Morgan fingerprint density at radius 1 is 0.892 bits per heavy atom. The van der Waals surface area contributed by atoms with Crippen LogP contribution in [0, 0.1) is 17.3 Å². The number of hydrogen-bond donors (Lipinski definition) is 1. The summed E-state index contributed by atoms with van der Waals surface area (Å²) in [7, 11) is -0.953. The maximum Gasteiger partial charge on any atom is 0.114 e. The number of fused-ring (bicyclic) bond motifs is 2. The first-order valence-electron chi connectivity index (χ1n) is 14.5. The van der Waals surface area contributed by atoms with Gasteiger partial charge >= 0.3 is 0 Å². The molecule has 2 aromatic rings. The molecule has 7 heterocycles. The number of rotatable bonds is 2. The highest BCUT2D eigenvalue weighted by atomic mass is 32.2. The average molecular weight is 527 g/mol. The Labute approximate surface area is 223 Å². The van der Waals surface area contributed by atoms with Crippen molar-refractivity contribution in [2.45, 2.75) is 107 Å². The van der Waals surface area contributed by atoms with Crippen molar-refractivity contribution in [1.29, 1.82) is 0 Å². The number of hydrogen-bond acceptors (Lipinski definition) is 6. The molecule has 5 fully saturated rings. The van der Waals surface area contributed by atoms with Crippen LogP contribution in [0.2, 0.25) is 0 Å². The molecule has 37 heavy (non-hydrogen) atoms. The fourth-order valence-electron chi connectivity index (χ4n) is 9.26. The van der Waals surface area contributed by atoms with E-state index in [2.05, 4.69) is 35.8 Å². The van der Waals surface area contributed by atoms with Crippen molar-refractivity contribution < 1.29 is 18.1 Å². The van der Waals surface area contributed by atoms with E-state index in [0.717, 1.165) is 51.5 Å². The Kier molecular flexibility index (Phi) is 6.04. The molecule has 0 aliphatic carbocycles. The van der Waals surface area contributed by atoms with Crippen LogP contribution in [0.3, 0.4) is 0 Å². The summed E-state index contributed by atoms with van der Waals surface area (Å²) in [6.45, 7) is 5.62. The van der Waals surface area contributed by atoms with Crippen LogP contribution < -0.4 is 0 Å². The SMILES string of the molecule is C[C@@H]1CC[C@@H](c2ccoc2)N2C[C@]3(CC[C@@H]12)C[C@]1(CC[C@H]2[C@H](C)CC[C@@H](c4ccoc4)N2[C@@H]1O)CS3=O. The van der Waals surface area contributed by atoms with Crippen LogP contribution in [0.1, 0.15) is 94.8 Å². The van der Waals surface area contributed by atoms with Gasteiger partial charge < -0.3 is 13.9 Å². The second-order valence-corrected chi connectivity index (χ2v) is 15.0. The number of furan rings is 2. The number of aliphatic hydroxyl groups is 1. The summed E-state index contributed by atoms with van der Waals surface area (Å²) in [5, 5.41) is 12.2. The lowest BCUT2D eigenvalue weighted by atomic mass is 9.66. The van der Waals surface area contributed by atoms with Gasteiger partial charge in [-0.05, 0) is 81.8 Å². The third-order valence-corrected chi connectivity index (χ3v) is 13.5. The second-order valence-electron chi connectivity index (χ2n) is 13.2. The van der Waals surface area contributed by atoms with Crippen molar-refractivity contribution in [3.63, 3.8) is 0 Å². The first kappa shape index (κ1) is 24.6. The third kappa shape index (κ3) is 3.78. The average Bonchev–Trinajstić information content (AvgIpc) is 3.65. The van der Waals surface area contributed by atoms with Gasteiger partial charge in [0.25, 0.3) is 0 Å². The van der Waals surface area contributed by atoms with Gasteiger partial charge in [0.05, 0.1) is 29.8 Å². The van der Waals surface area contributed by atoms with E-state index < -0.39 is 17.0 Å². The van der Waals surface area contributed by atoms with Gasteiger partial charge in [0.1, 0.15) is 6.23 Å². The van der Waals surface area contributed by atoms with E-state index in [0.29, 0.717) is 35.7 Å². The van der Waals surface area contributed by atoms with Crippen LogP contribution in [0.15, 0.2) is 46.0 Å². The third-order valence-electron chi connectivity index (χ3n) is 11.2. The second kappa shape index (κ2) is 9.07. The fraction of sp³-hybridized carbons (Fsp3) is 0.733. The highest BCUT2D eigenvalue weighted by molar-refractivity contribution is 7.86. The Bertz CT molecular complexity index is 1120. The van der Waals surface area contributed by atoms with E-state index in [-0.39, 0.29) is 16.2 Å². The quantitative estimate of drug-likeness (QED) is 0.546. The summed E-state index contributed by atoms with van der Waals surface area (Å²) in [6.07, 6.45) is 16.4. The van der Waals surface area contributed by atoms with Gasteiger partial charge in [-0.25, -0.2) is 0 Å². The number of nitrogens with zero attached hydrogens (tertiary/aromatic N) is 2. The molecule has 5 aliphatic rings. The summed E-state index contributed by atoms with van der Waals surface area (Å²) in [4.78, 5) is 5.11. The summed E-state index contributed by atoms with van der Waals surface area (Å²) in [5.41, 5.74) is 2.14. The lowest BCUT2D eigenvalue weighted by molar-refractivity contribution is -0.182. The summed E-state index contributed by atoms with van der Waals surface area (Å²) in [5.74, 6) is 1.86. The van der Waals surface area contributed by atoms with E-state index in [4.69, 9.17) is 8.83 Å². The maximum absolute atomic E-state index is 14.2. The van der Waals surface area contributed by atoms with Gasteiger partial charge in [-0.3, -0.25) is 14.0 Å². The molecule has 5 aliphatic heterocycles. The molecule has 1 N–H and O–H groups in total. The van der Waals surface area contributed by atoms with E-state index in [9.17, 15) is 9.32 Å². The number of aliphatic hydroxyl groups excluding tert-OH is 1. The Balaban J connectivity index is 1.19. The van der Waals surface area contributed by atoms with Crippen LogP contribution in [-0.2, 0) is 10.8 Å². The van der Waals surface area contributed by atoms with Crippen LogP contribution in [0.5, 0.6) is 0 Å². The fourth-order valence-corrected chi connectivity index (χ4v) is 11.6. The standard InChI is InChI=1S/C30H42N2O4S/c1-20-3-5-26(22-9-13-35-15-22)31-18-30(12-8-24(20)31)17-29(19-37(30)34)11-7-25-21(2)4-6-27(32(25)28(29)33)23-10-14-36-16-23/h9-10,13-16,20-21,24-28,33H,3-8,11-12,17-19H2,1-2H3/t20-,21-,24+,25+,26+,27+,28-,29-,30+,37?/m1/s1. The molecule has 1 unspecified atom stereocenters. The van der Waals surface area contributed by atoms with Gasteiger partial charge in [0.15, 0.2) is 0 Å². The van der Waals surface area contributed by atoms with Crippen molar-refractivity contribution >= 4 is 10.8 Å². The first-order chi connectivity index (χ1) is 17.9. The molecule has 0 saturated carbocycles. The molecule has 6 nitrogen and oxygen atoms in total. The highest BCUT2D eigenvalue weighted by Crippen LogP contribution is 2.58. The van der Waals surface area contributed by atoms with Crippen molar-refractivity contribution in [1.82, 2.24) is 9.80 Å². The normalized spacial score (nSPS) is 46.8. The first-order valence-corrected chi connectivity index (χ1v) is 15.9. The molecule has 0 aromatic carbocycles. The minimum atomic E-state index is -0.953. The van der Waals surface area contributed by atoms with Gasteiger partial charge in [-0.1, -0.05) is 13.8 Å². The summed E-state index contributed by atoms with van der Waals surface area (Å²) in [6, 6.07) is 5.63. The largest absolute Gasteiger partial charge is 0.472 e. The maximum atomic E-state index is 14.2. The van der Waals surface area contributed by atoms with Gasteiger partial charge in [0, 0.05) is 63.8 Å². The van der Waals surface area contributed by atoms with Crippen LogP contribution in [-0.4, -0.2) is 54.5 Å². The van der Waals surface area contributed by atoms with Gasteiger partial charge in [0.2, 0.25) is 0 Å². The predicted octanol–water partition coefficient (Wildman–Crippen LogP) is 5.64. The van der Waals surface area contributed by atoms with Crippen molar-refractivity contribution in [2.75, 3.05) is 12.3 Å². The zero-order valence-corrected chi connectivity index (χ0v) is 23.1. The zero-order valence-electron chi connectivity index (χ0n) is 22.3. The topological polar surface area (TPSA) is 70.1 Å². The molecule has 7 rings (SSSR count). The molecule has 5 saturated heterocycles. The molecule has 0 bridgehead atoms. The highest BCUT2D eigenvalue weighted by Gasteiger charge is 2.63. The van der Waals surface area contributed by atoms with Crippen molar-refractivity contribution in [3.05, 3.63) is 48.3 Å². The molecule has 0 amide bonds. The Hall–Kier alpha value is -1.41. The van der Waals surface area contributed by atoms with Crippen molar-refractivity contribution in [2.24, 2.45) is 17.3 Å². The molecular formula is C30H42N2O4S. The summed E-state index contributed by atoms with van der Waals surface area (Å²) >= 11 is 0. The minimum Gasteiger partial charge on any atom is -0.472 e. The van der Waals surface area contributed by atoms with Crippen LogP contribution >= 0.6 is 0 Å². The lowest BCUT2D eigenvalue weighted by Gasteiger charge is -2.57. The zero-order chi connectivity index (χ0) is 25.4. The Morgan fingerprint density at radius 3 is 2.24 bits per heavy atom. The summed E-state index contributed by atoms with van der Waals surface area (Å²) < 4.78 is 24.9. The molecule has 202 valence electrons. The minimum absolute atomic E-state index is 0.182. The predicted molar refractivity (Wildman–Crippen MR) is 143 cm³/mol. The molecular weight excluding hydrogens is 484 g/mol. The Morgan fingerprint density at radius 2 is 1.54 bits per heavy atom. The van der Waals surface area contributed by atoms with Crippen molar-refractivity contribution in [3.8, 4) is 0 Å². The molecule has 7 heteroatoms. The van der Waals surface area contributed by atoms with E-state index in [1.54, 1.807) is 12.5 Å². The monoisotopic (exact) mass is 526 g/mol. The molecule has 2 aromatic heterocycles. The van der Waals surface area contributed by atoms with Gasteiger partial charge in [-0.2, -0.15) is 0 Å². The number of piperidine rings is 4. The molecule has 2 spiro atoms. The lowest BCUT2D eigenvalue weighted by Crippen LogP contribution is -2.62. The van der Waals surface area contributed by atoms with E-state index >= 15 is 0 Å². The van der Waals surface area contributed by atoms with Gasteiger partial charge in [-0.15, -0.1) is 0 Å². The van der Waals surface area contributed by atoms with Crippen LogP contribution in [0.4, 0.5) is 0 Å². The molecule has 10 atom stereocenters. The van der Waals surface area contributed by atoms with E-state index in [1.165, 1.54) is 24.0 Å². The smallest absolute Gasteiger partial charge is 0.114 e. The van der Waals surface area contributed by atoms with Crippen LogP contribution in [0.25, 0.3) is 0 Å².